The molecule has 1 nitrogen and oxygen atoms in total. The number of allylic oxidation sites excluding steroid dienone is 2. The van der Waals surface area contributed by atoms with Crippen LogP contribution < -0.4 is 0 Å². The van der Waals surface area contributed by atoms with Crippen molar-refractivity contribution in [3.8, 4) is 11.8 Å². The molecule has 0 aromatic heterocycles. The Balaban J connectivity index is 4.19. The van der Waals surface area contributed by atoms with Crippen molar-refractivity contribution in [3.05, 3.63) is 11.6 Å². The minimum absolute atomic E-state index is 0.872. The zero-order chi connectivity index (χ0) is 8.91. The molecular formula is C10H16O. The van der Waals surface area contributed by atoms with Crippen molar-refractivity contribution in [1.82, 2.24) is 0 Å². The smallest absolute Gasteiger partial charge is 0.120 e. The van der Waals surface area contributed by atoms with E-state index in [0.717, 1.165) is 12.0 Å². The minimum atomic E-state index is -0.872. The Morgan fingerprint density at radius 3 is 2.45 bits per heavy atom. The molecule has 0 spiro atoms. The van der Waals surface area contributed by atoms with Crippen molar-refractivity contribution >= 4 is 0 Å². The third kappa shape index (κ3) is 7.15. The van der Waals surface area contributed by atoms with Crippen LogP contribution in [0.3, 0.4) is 0 Å². The molecule has 62 valence electrons. The fraction of sp³-hybridized carbons (Fsp3) is 0.600. The molecule has 0 heterocycles. The Labute approximate surface area is 69.1 Å². The molecule has 1 heteroatoms. The van der Waals surface area contributed by atoms with Crippen molar-refractivity contribution < 1.29 is 5.11 Å². The van der Waals surface area contributed by atoms with Gasteiger partial charge in [0, 0.05) is 0 Å². The Bertz CT molecular complexity index is 195. The average Bonchev–Trinajstić information content (AvgIpc) is 1.83. The molecule has 0 aliphatic carbocycles. The van der Waals surface area contributed by atoms with Crippen LogP contribution in [0.2, 0.25) is 0 Å². The number of hydrogen-bond acceptors (Lipinski definition) is 1. The Morgan fingerprint density at radius 1 is 1.55 bits per heavy atom. The lowest BCUT2D eigenvalue weighted by molar-refractivity contribution is 0.143. The van der Waals surface area contributed by atoms with Gasteiger partial charge in [-0.25, -0.2) is 0 Å². The van der Waals surface area contributed by atoms with Crippen LogP contribution in [0.15, 0.2) is 11.6 Å². The first-order valence-electron chi connectivity index (χ1n) is 3.88. The topological polar surface area (TPSA) is 20.2 Å². The lowest BCUT2D eigenvalue weighted by atomic mass is 10.1. The normalized spacial score (nSPS) is 12.3. The molecule has 0 aliphatic heterocycles. The maximum atomic E-state index is 9.23. The summed E-state index contributed by atoms with van der Waals surface area (Å²) in [6, 6.07) is 0. The highest BCUT2D eigenvalue weighted by Crippen LogP contribution is 1.99. The van der Waals surface area contributed by atoms with Gasteiger partial charge in [0.25, 0.3) is 0 Å². The Morgan fingerprint density at radius 2 is 2.09 bits per heavy atom. The molecule has 0 amide bonds. The van der Waals surface area contributed by atoms with Crippen LogP contribution in [0, 0.1) is 11.8 Å². The summed E-state index contributed by atoms with van der Waals surface area (Å²) >= 11 is 0. The summed E-state index contributed by atoms with van der Waals surface area (Å²) in [6.45, 7) is 7.37. The van der Waals surface area contributed by atoms with E-state index in [-0.39, 0.29) is 0 Å². The van der Waals surface area contributed by atoms with Gasteiger partial charge in [-0.3, -0.25) is 0 Å². The molecular weight excluding hydrogens is 136 g/mol. The van der Waals surface area contributed by atoms with Gasteiger partial charge in [-0.2, -0.15) is 0 Å². The summed E-state index contributed by atoms with van der Waals surface area (Å²) in [5.41, 5.74) is 0.151. The first-order chi connectivity index (χ1) is 4.95. The summed E-state index contributed by atoms with van der Waals surface area (Å²) < 4.78 is 0. The summed E-state index contributed by atoms with van der Waals surface area (Å²) in [5.74, 6) is 5.63. The molecule has 0 radical (unpaired) electrons. The number of aliphatic hydroxyl groups is 1. The monoisotopic (exact) mass is 152 g/mol. The highest BCUT2D eigenvalue weighted by atomic mass is 16.3. The standard InChI is InChI=1S/C10H16O/c1-5-6-9(2)7-8-10(3,4)11/h6,11H,5H2,1-4H3. The first-order valence-corrected chi connectivity index (χ1v) is 3.88. The van der Waals surface area contributed by atoms with E-state index >= 15 is 0 Å². The zero-order valence-corrected chi connectivity index (χ0v) is 7.73. The molecule has 0 atom stereocenters. The minimum Gasteiger partial charge on any atom is -0.378 e. The van der Waals surface area contributed by atoms with E-state index in [1.54, 1.807) is 13.8 Å². The van der Waals surface area contributed by atoms with E-state index in [1.165, 1.54) is 0 Å². The molecule has 1 N–H and O–H groups in total. The van der Waals surface area contributed by atoms with E-state index in [9.17, 15) is 5.11 Å². The third-order valence-corrected chi connectivity index (χ3v) is 1.08. The molecule has 0 unspecified atom stereocenters. The van der Waals surface area contributed by atoms with Gasteiger partial charge in [-0.1, -0.05) is 24.8 Å². The van der Waals surface area contributed by atoms with Gasteiger partial charge in [-0.15, -0.1) is 0 Å². The molecule has 0 fully saturated rings. The molecule has 0 aliphatic rings. The van der Waals surface area contributed by atoms with Crippen LogP contribution in [-0.4, -0.2) is 10.7 Å². The zero-order valence-electron chi connectivity index (χ0n) is 7.73. The highest BCUT2D eigenvalue weighted by molar-refractivity contribution is 5.29. The van der Waals surface area contributed by atoms with Gasteiger partial charge in [0.1, 0.15) is 5.60 Å². The van der Waals surface area contributed by atoms with Crippen LogP contribution >= 0.6 is 0 Å². The summed E-state index contributed by atoms with van der Waals surface area (Å²) in [7, 11) is 0. The van der Waals surface area contributed by atoms with Crippen molar-refractivity contribution in [1.29, 1.82) is 0 Å². The van der Waals surface area contributed by atoms with Crippen LogP contribution in [-0.2, 0) is 0 Å². The van der Waals surface area contributed by atoms with Crippen LogP contribution in [0.25, 0.3) is 0 Å². The molecule has 0 rings (SSSR count). The molecule has 11 heavy (non-hydrogen) atoms. The van der Waals surface area contributed by atoms with E-state index in [1.807, 2.05) is 13.0 Å². The van der Waals surface area contributed by atoms with Gasteiger partial charge in [0.15, 0.2) is 0 Å². The second-order valence-electron chi connectivity index (χ2n) is 3.10. The average molecular weight is 152 g/mol. The predicted octanol–water partition coefficient (Wildman–Crippen LogP) is 2.12. The van der Waals surface area contributed by atoms with Crippen LogP contribution in [0.4, 0.5) is 0 Å². The summed E-state index contributed by atoms with van der Waals surface area (Å²) in [4.78, 5) is 0. The SMILES string of the molecule is CCC=C(C)C#CC(C)(C)O. The van der Waals surface area contributed by atoms with E-state index in [0.29, 0.717) is 0 Å². The van der Waals surface area contributed by atoms with Crippen molar-refractivity contribution in [2.45, 2.75) is 39.7 Å². The lowest BCUT2D eigenvalue weighted by Gasteiger charge is -2.05. The van der Waals surface area contributed by atoms with Crippen molar-refractivity contribution in [2.24, 2.45) is 0 Å². The molecule has 0 aromatic carbocycles. The molecule has 0 bridgehead atoms. The molecule has 0 saturated carbocycles. The summed E-state index contributed by atoms with van der Waals surface area (Å²) in [6.07, 6.45) is 3.03. The van der Waals surface area contributed by atoms with Gasteiger partial charge < -0.3 is 5.11 Å². The van der Waals surface area contributed by atoms with Gasteiger partial charge in [0.05, 0.1) is 0 Å². The van der Waals surface area contributed by atoms with Gasteiger partial charge in [0.2, 0.25) is 0 Å². The summed E-state index contributed by atoms with van der Waals surface area (Å²) in [5, 5.41) is 9.23. The van der Waals surface area contributed by atoms with E-state index in [4.69, 9.17) is 0 Å². The fourth-order valence-corrected chi connectivity index (χ4v) is 0.609. The maximum Gasteiger partial charge on any atom is 0.120 e. The Kier molecular flexibility index (Phi) is 3.92. The van der Waals surface area contributed by atoms with E-state index < -0.39 is 5.60 Å². The lowest BCUT2D eigenvalue weighted by Crippen LogP contribution is -2.14. The van der Waals surface area contributed by atoms with Crippen LogP contribution in [0.5, 0.6) is 0 Å². The second-order valence-corrected chi connectivity index (χ2v) is 3.10. The predicted molar refractivity (Wildman–Crippen MR) is 48.1 cm³/mol. The van der Waals surface area contributed by atoms with Crippen molar-refractivity contribution in [3.63, 3.8) is 0 Å². The van der Waals surface area contributed by atoms with Gasteiger partial charge in [-0.05, 0) is 32.8 Å². The fourth-order valence-electron chi connectivity index (χ4n) is 0.609. The van der Waals surface area contributed by atoms with Crippen molar-refractivity contribution in [2.75, 3.05) is 0 Å². The number of hydrogen-bond donors (Lipinski definition) is 1. The highest BCUT2D eigenvalue weighted by Gasteiger charge is 2.05. The maximum absolute atomic E-state index is 9.23. The first kappa shape index (κ1) is 10.3. The van der Waals surface area contributed by atoms with Gasteiger partial charge >= 0.3 is 0 Å². The largest absolute Gasteiger partial charge is 0.378 e. The third-order valence-electron chi connectivity index (χ3n) is 1.08. The number of rotatable bonds is 1. The Hall–Kier alpha value is -0.740. The molecule has 0 aromatic rings. The quantitative estimate of drug-likeness (QED) is 0.571. The molecule has 0 saturated heterocycles. The second kappa shape index (κ2) is 4.20. The van der Waals surface area contributed by atoms with E-state index in [2.05, 4.69) is 18.8 Å². The van der Waals surface area contributed by atoms with Crippen LogP contribution in [0.1, 0.15) is 34.1 Å².